The highest BCUT2D eigenvalue weighted by Crippen LogP contribution is 2.46. The molecule has 7 rings (SSSR count). The normalized spacial score (nSPS) is 20.3. The highest BCUT2D eigenvalue weighted by Gasteiger charge is 2.45. The van der Waals surface area contributed by atoms with E-state index >= 15 is 0 Å². The number of methoxy groups -OCH3 is 1. The van der Waals surface area contributed by atoms with E-state index in [1.807, 2.05) is 31.2 Å². The predicted molar refractivity (Wildman–Crippen MR) is 198 cm³/mol. The number of fused-ring (bicyclic) bond motifs is 1. The van der Waals surface area contributed by atoms with E-state index in [0.717, 1.165) is 82.4 Å². The van der Waals surface area contributed by atoms with Crippen molar-refractivity contribution in [2.45, 2.75) is 70.7 Å². The molecule has 1 spiro atoms. The minimum atomic E-state index is -0.845. The number of carbonyl (C=O) groups excluding carboxylic acids is 2. The molecule has 272 valence electrons. The number of aryl methyl sites for hydroxylation is 1. The third-order valence-electron chi connectivity index (χ3n) is 11.0. The van der Waals surface area contributed by atoms with Gasteiger partial charge in [0.2, 0.25) is 5.88 Å². The van der Waals surface area contributed by atoms with Crippen molar-refractivity contribution in [1.82, 2.24) is 29.7 Å². The first-order chi connectivity index (χ1) is 24.9. The number of hydrogen-bond acceptors (Lipinski definition) is 8. The van der Waals surface area contributed by atoms with Gasteiger partial charge in [0.15, 0.2) is 0 Å². The standard InChI is InChI=1S/C39H45N7O6/c1-22(47)19-46-20-29(36(49)44(4)38(46)51)34(48)41-30-11-7-9-27(24(30)3)26-8-6-10-28(23(26)2)31-18-25-12-13-32(33(25)35(42-31)52-5)45-17-15-39(21-45)14-16-40-37(50)43-39/h6-11,18,20,22,32,47H,12-17,19,21H2,1-5H3,(H,41,48)(H2,40,43,50)/t22-,32?,39-/m1/s1. The van der Waals surface area contributed by atoms with Gasteiger partial charge in [0.05, 0.1) is 31.0 Å². The summed E-state index contributed by atoms with van der Waals surface area (Å²) in [6, 6.07) is 14.0. The van der Waals surface area contributed by atoms with Gasteiger partial charge in [-0.25, -0.2) is 14.6 Å². The topological polar surface area (TPSA) is 160 Å². The van der Waals surface area contributed by atoms with Gasteiger partial charge in [0.1, 0.15) is 5.56 Å². The number of aliphatic hydroxyl groups excluding tert-OH is 1. The van der Waals surface area contributed by atoms with Crippen LogP contribution in [-0.2, 0) is 20.0 Å². The molecule has 2 aliphatic heterocycles. The van der Waals surface area contributed by atoms with E-state index in [4.69, 9.17) is 9.72 Å². The van der Waals surface area contributed by atoms with Crippen LogP contribution in [0.3, 0.4) is 0 Å². The van der Waals surface area contributed by atoms with Gasteiger partial charge in [0.25, 0.3) is 11.5 Å². The first kappa shape index (κ1) is 35.1. The molecule has 0 saturated carbocycles. The molecule has 3 aliphatic rings. The molecule has 0 radical (unpaired) electrons. The molecule has 3 atom stereocenters. The van der Waals surface area contributed by atoms with Crippen LogP contribution in [0.15, 0.2) is 58.3 Å². The Kier molecular flexibility index (Phi) is 9.26. The minimum absolute atomic E-state index is 0.0546. The molecule has 0 bridgehead atoms. The zero-order valence-electron chi connectivity index (χ0n) is 30.2. The Morgan fingerprint density at radius 1 is 1.10 bits per heavy atom. The van der Waals surface area contributed by atoms with Gasteiger partial charge in [0, 0.05) is 55.7 Å². The van der Waals surface area contributed by atoms with Gasteiger partial charge in [-0.2, -0.15) is 0 Å². The fraction of sp³-hybridized carbons (Fsp3) is 0.410. The molecular formula is C39H45N7O6. The number of likely N-dealkylation sites (tertiary alicyclic amines) is 1. The maximum Gasteiger partial charge on any atom is 0.330 e. The number of anilines is 1. The summed E-state index contributed by atoms with van der Waals surface area (Å²) in [5.41, 5.74) is 6.65. The molecule has 52 heavy (non-hydrogen) atoms. The van der Waals surface area contributed by atoms with Crippen LogP contribution in [0.5, 0.6) is 5.88 Å². The minimum Gasteiger partial charge on any atom is -0.481 e. The number of hydrogen-bond donors (Lipinski definition) is 4. The number of benzene rings is 2. The van der Waals surface area contributed by atoms with E-state index in [9.17, 15) is 24.3 Å². The Morgan fingerprint density at radius 2 is 1.83 bits per heavy atom. The van der Waals surface area contributed by atoms with Crippen LogP contribution < -0.4 is 31.9 Å². The van der Waals surface area contributed by atoms with Gasteiger partial charge in [-0.15, -0.1) is 0 Å². The van der Waals surface area contributed by atoms with Crippen LogP contribution in [0, 0.1) is 13.8 Å². The Balaban J connectivity index is 1.17. The van der Waals surface area contributed by atoms with Gasteiger partial charge in [-0.3, -0.25) is 23.6 Å². The average molecular weight is 708 g/mol. The molecular weight excluding hydrogens is 662 g/mol. The second kappa shape index (κ2) is 13.7. The second-order valence-corrected chi connectivity index (χ2v) is 14.4. The number of nitrogens with zero attached hydrogens (tertiary/aromatic N) is 4. The van der Waals surface area contributed by atoms with Crippen molar-refractivity contribution in [2.24, 2.45) is 7.05 Å². The molecule has 3 amide bonds. The second-order valence-electron chi connectivity index (χ2n) is 14.4. The summed E-state index contributed by atoms with van der Waals surface area (Å²) in [6.07, 6.45) is 4.06. The third-order valence-corrected chi connectivity index (χ3v) is 11.0. The van der Waals surface area contributed by atoms with E-state index in [1.165, 1.54) is 30.3 Å². The van der Waals surface area contributed by atoms with Crippen molar-refractivity contribution in [3.63, 3.8) is 0 Å². The SMILES string of the molecule is COc1nc(-c2cccc(-c3cccc(NC(=O)c4cn(C[C@@H](C)O)c(=O)n(C)c4=O)c3C)c2C)cc2c1C(N1CC[C@]3(CCNC(=O)N3)C1)CC2. The van der Waals surface area contributed by atoms with E-state index in [-0.39, 0.29) is 29.7 Å². The first-order valence-electron chi connectivity index (χ1n) is 17.8. The molecule has 4 heterocycles. The van der Waals surface area contributed by atoms with Crippen molar-refractivity contribution in [1.29, 1.82) is 0 Å². The Labute approximate surface area is 301 Å². The number of pyridine rings is 1. The van der Waals surface area contributed by atoms with Crippen molar-refractivity contribution < 1.29 is 19.4 Å². The number of carbonyl (C=O) groups is 2. The highest BCUT2D eigenvalue weighted by atomic mass is 16.5. The lowest BCUT2D eigenvalue weighted by Crippen LogP contribution is -2.59. The van der Waals surface area contributed by atoms with Crippen molar-refractivity contribution >= 4 is 17.6 Å². The smallest absolute Gasteiger partial charge is 0.330 e. The zero-order valence-corrected chi connectivity index (χ0v) is 30.2. The van der Waals surface area contributed by atoms with Gasteiger partial charge >= 0.3 is 11.7 Å². The number of ether oxygens (including phenoxy) is 1. The fourth-order valence-electron chi connectivity index (χ4n) is 8.24. The number of amides is 3. The molecule has 4 aromatic rings. The quantitative estimate of drug-likeness (QED) is 0.216. The van der Waals surface area contributed by atoms with Crippen molar-refractivity contribution in [2.75, 3.05) is 32.1 Å². The highest BCUT2D eigenvalue weighted by molar-refractivity contribution is 6.04. The predicted octanol–water partition coefficient (Wildman–Crippen LogP) is 3.67. The number of rotatable bonds is 8. The summed E-state index contributed by atoms with van der Waals surface area (Å²) in [5.74, 6) is -0.0232. The summed E-state index contributed by atoms with van der Waals surface area (Å²) >= 11 is 0. The Hall–Kier alpha value is -5.27. The molecule has 13 nitrogen and oxygen atoms in total. The summed E-state index contributed by atoms with van der Waals surface area (Å²) in [6.45, 7) is 7.85. The molecule has 2 aromatic heterocycles. The largest absolute Gasteiger partial charge is 0.481 e. The Bertz CT molecular complexity index is 2210. The van der Waals surface area contributed by atoms with Gasteiger partial charge in [-0.05, 0) is 86.4 Å². The van der Waals surface area contributed by atoms with Crippen molar-refractivity contribution in [3.8, 4) is 28.3 Å². The van der Waals surface area contributed by atoms with E-state index < -0.39 is 23.3 Å². The fourth-order valence-corrected chi connectivity index (χ4v) is 8.24. The van der Waals surface area contributed by atoms with Crippen LogP contribution >= 0.6 is 0 Å². The molecule has 2 saturated heterocycles. The lowest BCUT2D eigenvalue weighted by molar-refractivity contribution is 0.102. The lowest BCUT2D eigenvalue weighted by atomic mass is 9.91. The van der Waals surface area contributed by atoms with Gasteiger partial charge < -0.3 is 25.8 Å². The number of aliphatic hydroxyl groups is 1. The molecule has 2 aromatic carbocycles. The van der Waals surface area contributed by atoms with E-state index in [2.05, 4.69) is 39.9 Å². The zero-order chi connectivity index (χ0) is 36.9. The number of nitrogens with one attached hydrogen (secondary N) is 3. The molecule has 13 heteroatoms. The summed E-state index contributed by atoms with van der Waals surface area (Å²) in [7, 11) is 2.98. The van der Waals surface area contributed by atoms with Crippen LogP contribution in [0.25, 0.3) is 22.4 Å². The molecule has 1 aliphatic carbocycles. The van der Waals surface area contributed by atoms with E-state index in [0.29, 0.717) is 18.1 Å². The van der Waals surface area contributed by atoms with Crippen LogP contribution in [0.4, 0.5) is 10.5 Å². The molecule has 1 unspecified atom stereocenters. The summed E-state index contributed by atoms with van der Waals surface area (Å²) < 4.78 is 8.00. The molecule has 4 N–H and O–H groups in total. The van der Waals surface area contributed by atoms with Crippen LogP contribution in [0.1, 0.15) is 64.8 Å². The summed E-state index contributed by atoms with van der Waals surface area (Å²) in [4.78, 5) is 58.6. The van der Waals surface area contributed by atoms with Crippen LogP contribution in [0.2, 0.25) is 0 Å². The summed E-state index contributed by atoms with van der Waals surface area (Å²) in [5, 5.41) is 18.8. The molecule has 2 fully saturated rings. The number of urea groups is 1. The monoisotopic (exact) mass is 707 g/mol. The van der Waals surface area contributed by atoms with Crippen molar-refractivity contribution in [3.05, 3.63) is 97.3 Å². The third kappa shape index (κ3) is 6.28. The van der Waals surface area contributed by atoms with Gasteiger partial charge in [-0.1, -0.05) is 30.3 Å². The first-order valence-corrected chi connectivity index (χ1v) is 17.8. The van der Waals surface area contributed by atoms with Crippen LogP contribution in [-0.4, -0.2) is 74.4 Å². The van der Waals surface area contributed by atoms with E-state index in [1.54, 1.807) is 13.2 Å². The maximum atomic E-state index is 13.5. The Morgan fingerprint density at radius 3 is 2.56 bits per heavy atom. The average Bonchev–Trinajstić information content (AvgIpc) is 3.73. The maximum absolute atomic E-state index is 13.5. The number of aromatic nitrogens is 3. The lowest BCUT2D eigenvalue weighted by Gasteiger charge is -2.36.